The van der Waals surface area contributed by atoms with Crippen molar-refractivity contribution in [3.63, 3.8) is 0 Å². The van der Waals surface area contributed by atoms with Crippen molar-refractivity contribution in [2.24, 2.45) is 0 Å². The average molecular weight is 300 g/mol. The van der Waals surface area contributed by atoms with E-state index in [1.807, 2.05) is 12.4 Å². The van der Waals surface area contributed by atoms with Crippen LogP contribution in [0.4, 0.5) is 0 Å². The summed E-state index contributed by atoms with van der Waals surface area (Å²) in [7, 11) is 0. The highest BCUT2D eigenvalue weighted by Gasteiger charge is 2.13. The molecular weight excluding hydrogens is 280 g/mol. The van der Waals surface area contributed by atoms with Gasteiger partial charge in [-0.1, -0.05) is 19.1 Å². The SMILES string of the molecule is CCNC(Cc1csc(C)n1)Cn1cnc2ccccc21. The lowest BCUT2D eigenvalue weighted by molar-refractivity contribution is 0.458. The number of nitrogens with one attached hydrogen (secondary N) is 1. The minimum atomic E-state index is 0.370. The molecule has 0 saturated carbocycles. The molecule has 21 heavy (non-hydrogen) atoms. The van der Waals surface area contributed by atoms with Crippen LogP contribution < -0.4 is 5.32 Å². The molecule has 1 atom stereocenters. The molecule has 0 saturated heterocycles. The van der Waals surface area contributed by atoms with Crippen LogP contribution in [-0.4, -0.2) is 27.1 Å². The van der Waals surface area contributed by atoms with Crippen molar-refractivity contribution in [2.75, 3.05) is 6.54 Å². The van der Waals surface area contributed by atoms with E-state index < -0.39 is 0 Å². The van der Waals surface area contributed by atoms with Gasteiger partial charge in [-0.05, 0) is 25.6 Å². The normalized spacial score (nSPS) is 12.9. The first-order valence-electron chi connectivity index (χ1n) is 7.30. The van der Waals surface area contributed by atoms with Gasteiger partial charge in [0.2, 0.25) is 0 Å². The number of fused-ring (bicyclic) bond motifs is 1. The number of para-hydroxylation sites is 2. The van der Waals surface area contributed by atoms with Gasteiger partial charge in [-0.25, -0.2) is 9.97 Å². The van der Waals surface area contributed by atoms with E-state index >= 15 is 0 Å². The number of rotatable bonds is 6. The van der Waals surface area contributed by atoms with Crippen molar-refractivity contribution in [3.8, 4) is 0 Å². The summed E-state index contributed by atoms with van der Waals surface area (Å²) in [6, 6.07) is 8.64. The Hall–Kier alpha value is -1.72. The summed E-state index contributed by atoms with van der Waals surface area (Å²) in [5.41, 5.74) is 3.42. The molecule has 2 heterocycles. The summed E-state index contributed by atoms with van der Waals surface area (Å²) in [5.74, 6) is 0. The van der Waals surface area contributed by atoms with E-state index in [0.717, 1.165) is 30.0 Å². The lowest BCUT2D eigenvalue weighted by Crippen LogP contribution is -2.35. The summed E-state index contributed by atoms with van der Waals surface area (Å²) in [4.78, 5) is 9.04. The molecule has 1 aromatic carbocycles. The molecule has 4 nitrogen and oxygen atoms in total. The fourth-order valence-corrected chi connectivity index (χ4v) is 3.26. The van der Waals surface area contributed by atoms with Gasteiger partial charge in [-0.2, -0.15) is 0 Å². The van der Waals surface area contributed by atoms with E-state index in [4.69, 9.17) is 0 Å². The zero-order chi connectivity index (χ0) is 14.7. The van der Waals surface area contributed by atoms with Gasteiger partial charge in [-0.15, -0.1) is 11.3 Å². The van der Waals surface area contributed by atoms with E-state index in [1.54, 1.807) is 11.3 Å². The van der Waals surface area contributed by atoms with Gasteiger partial charge in [0.1, 0.15) is 0 Å². The molecule has 3 aromatic rings. The van der Waals surface area contributed by atoms with Crippen LogP contribution in [0.5, 0.6) is 0 Å². The van der Waals surface area contributed by atoms with Gasteiger partial charge in [0.25, 0.3) is 0 Å². The summed E-state index contributed by atoms with van der Waals surface area (Å²) >= 11 is 1.72. The zero-order valence-electron chi connectivity index (χ0n) is 12.4. The van der Waals surface area contributed by atoms with Crippen molar-refractivity contribution < 1.29 is 0 Å². The van der Waals surface area contributed by atoms with E-state index in [0.29, 0.717) is 6.04 Å². The maximum Gasteiger partial charge on any atom is 0.0958 e. The van der Waals surface area contributed by atoms with Gasteiger partial charge in [0.05, 0.1) is 28.1 Å². The Kier molecular flexibility index (Phi) is 4.31. The number of hydrogen-bond acceptors (Lipinski definition) is 4. The summed E-state index contributed by atoms with van der Waals surface area (Å²) < 4.78 is 2.22. The number of nitrogens with zero attached hydrogens (tertiary/aromatic N) is 3. The van der Waals surface area contributed by atoms with Crippen LogP contribution in [0.15, 0.2) is 36.0 Å². The van der Waals surface area contributed by atoms with E-state index in [-0.39, 0.29) is 0 Å². The minimum Gasteiger partial charge on any atom is -0.329 e. The molecule has 2 aromatic heterocycles. The molecule has 0 radical (unpaired) electrons. The van der Waals surface area contributed by atoms with Crippen LogP contribution in [0.3, 0.4) is 0 Å². The van der Waals surface area contributed by atoms with Crippen molar-refractivity contribution in [2.45, 2.75) is 32.9 Å². The molecule has 0 amide bonds. The second-order valence-electron chi connectivity index (χ2n) is 5.20. The molecule has 1 unspecified atom stereocenters. The molecule has 0 aliphatic heterocycles. The van der Waals surface area contributed by atoms with E-state index in [2.05, 4.69) is 57.3 Å². The van der Waals surface area contributed by atoms with Gasteiger partial charge in [0.15, 0.2) is 0 Å². The Morgan fingerprint density at radius 1 is 1.33 bits per heavy atom. The van der Waals surface area contributed by atoms with Crippen molar-refractivity contribution in [1.29, 1.82) is 0 Å². The Morgan fingerprint density at radius 2 is 2.19 bits per heavy atom. The van der Waals surface area contributed by atoms with Gasteiger partial charge >= 0.3 is 0 Å². The smallest absolute Gasteiger partial charge is 0.0958 e. The van der Waals surface area contributed by atoms with Crippen LogP contribution in [0.2, 0.25) is 0 Å². The van der Waals surface area contributed by atoms with Crippen LogP contribution in [0.1, 0.15) is 17.6 Å². The third-order valence-electron chi connectivity index (χ3n) is 3.56. The topological polar surface area (TPSA) is 42.7 Å². The lowest BCUT2D eigenvalue weighted by atomic mass is 10.1. The number of benzene rings is 1. The number of aromatic nitrogens is 3. The number of likely N-dealkylation sites (N-methyl/N-ethyl adjacent to an activating group) is 1. The lowest BCUT2D eigenvalue weighted by Gasteiger charge is -2.18. The van der Waals surface area contributed by atoms with Crippen molar-refractivity contribution in [3.05, 3.63) is 46.7 Å². The Morgan fingerprint density at radius 3 is 2.95 bits per heavy atom. The molecule has 0 aliphatic carbocycles. The molecule has 0 aliphatic rings. The third kappa shape index (κ3) is 3.31. The van der Waals surface area contributed by atoms with Crippen molar-refractivity contribution >= 4 is 22.4 Å². The molecular formula is C16H20N4S. The summed E-state index contributed by atoms with van der Waals surface area (Å²) in [6.45, 7) is 6.07. The van der Waals surface area contributed by atoms with Crippen LogP contribution in [0.25, 0.3) is 11.0 Å². The highest BCUT2D eigenvalue weighted by atomic mass is 32.1. The van der Waals surface area contributed by atoms with Gasteiger partial charge < -0.3 is 9.88 Å². The quantitative estimate of drug-likeness (QED) is 0.761. The third-order valence-corrected chi connectivity index (χ3v) is 4.38. The fourth-order valence-electron chi connectivity index (χ4n) is 2.64. The number of thiazole rings is 1. The first-order valence-corrected chi connectivity index (χ1v) is 8.18. The molecule has 0 bridgehead atoms. The van der Waals surface area contributed by atoms with Gasteiger partial charge in [-0.3, -0.25) is 0 Å². The monoisotopic (exact) mass is 300 g/mol. The predicted octanol–water partition coefficient (Wildman–Crippen LogP) is 3.02. The van der Waals surface area contributed by atoms with E-state index in [9.17, 15) is 0 Å². The predicted molar refractivity (Wildman–Crippen MR) is 87.8 cm³/mol. The maximum atomic E-state index is 4.58. The van der Waals surface area contributed by atoms with E-state index in [1.165, 1.54) is 11.2 Å². The number of hydrogen-bond donors (Lipinski definition) is 1. The summed E-state index contributed by atoms with van der Waals surface area (Å²) in [6.07, 6.45) is 2.88. The first kappa shape index (κ1) is 14.2. The van der Waals surface area contributed by atoms with Crippen LogP contribution >= 0.6 is 11.3 Å². The number of imidazole rings is 1. The average Bonchev–Trinajstić information content (AvgIpc) is 3.06. The molecule has 110 valence electrons. The second kappa shape index (κ2) is 6.37. The fraction of sp³-hybridized carbons (Fsp3) is 0.375. The van der Waals surface area contributed by atoms with Crippen LogP contribution in [0, 0.1) is 6.92 Å². The van der Waals surface area contributed by atoms with Crippen LogP contribution in [-0.2, 0) is 13.0 Å². The molecule has 3 rings (SSSR count). The Bertz CT molecular complexity index is 716. The summed E-state index contributed by atoms with van der Waals surface area (Å²) in [5, 5.41) is 6.85. The highest BCUT2D eigenvalue weighted by molar-refractivity contribution is 7.09. The maximum absolute atomic E-state index is 4.58. The second-order valence-corrected chi connectivity index (χ2v) is 6.26. The Balaban J connectivity index is 1.78. The number of aryl methyl sites for hydroxylation is 1. The Labute approximate surface area is 128 Å². The molecule has 0 spiro atoms. The molecule has 5 heteroatoms. The minimum absolute atomic E-state index is 0.370. The molecule has 0 fully saturated rings. The zero-order valence-corrected chi connectivity index (χ0v) is 13.2. The first-order chi connectivity index (χ1) is 10.3. The standard InChI is InChI=1S/C16H20N4S/c1-3-17-13(8-14-10-21-12(2)19-14)9-20-11-18-15-6-4-5-7-16(15)20/h4-7,10-11,13,17H,3,8-9H2,1-2H3. The molecule has 1 N–H and O–H groups in total. The van der Waals surface area contributed by atoms with Gasteiger partial charge in [0, 0.05) is 24.4 Å². The van der Waals surface area contributed by atoms with Crippen molar-refractivity contribution in [1.82, 2.24) is 19.9 Å². The highest BCUT2D eigenvalue weighted by Crippen LogP contribution is 2.15. The largest absolute Gasteiger partial charge is 0.329 e.